The van der Waals surface area contributed by atoms with Gasteiger partial charge in [-0.15, -0.1) is 0 Å². The van der Waals surface area contributed by atoms with Crippen LogP contribution in [0.4, 0.5) is 10.1 Å². The highest BCUT2D eigenvalue weighted by molar-refractivity contribution is 5.95. The van der Waals surface area contributed by atoms with Gasteiger partial charge in [-0.1, -0.05) is 0 Å². The van der Waals surface area contributed by atoms with Crippen LogP contribution in [0.15, 0.2) is 24.5 Å². The zero-order valence-electron chi connectivity index (χ0n) is 10.8. The third-order valence-corrected chi connectivity index (χ3v) is 2.83. The second-order valence-corrected chi connectivity index (χ2v) is 4.47. The van der Waals surface area contributed by atoms with E-state index in [4.69, 9.17) is 5.73 Å². The lowest BCUT2D eigenvalue weighted by atomic mass is 10.1. The molecule has 2 rings (SSSR count). The van der Waals surface area contributed by atoms with Crippen molar-refractivity contribution < 1.29 is 9.18 Å². The molecule has 0 spiro atoms. The number of nitrogens with one attached hydrogen (secondary N) is 1. The first-order valence-corrected chi connectivity index (χ1v) is 5.77. The summed E-state index contributed by atoms with van der Waals surface area (Å²) in [6.07, 6.45) is 3.30. The van der Waals surface area contributed by atoms with Crippen molar-refractivity contribution >= 4 is 11.6 Å². The maximum absolute atomic E-state index is 13.9. The van der Waals surface area contributed by atoms with E-state index in [0.29, 0.717) is 17.8 Å². The van der Waals surface area contributed by atoms with E-state index in [2.05, 4.69) is 10.2 Å². The van der Waals surface area contributed by atoms with Crippen molar-refractivity contribution in [3.8, 4) is 0 Å². The highest BCUT2D eigenvalue weighted by Crippen LogP contribution is 2.19. The number of rotatable bonds is 3. The number of nitrogen functional groups attached to an aromatic ring is 1. The van der Waals surface area contributed by atoms with Gasteiger partial charge in [-0.25, -0.2) is 4.39 Å². The third kappa shape index (κ3) is 2.73. The first kappa shape index (κ1) is 13.1. The normalized spacial score (nSPS) is 10.5. The Kier molecular flexibility index (Phi) is 3.50. The number of hydrogen-bond donors (Lipinski definition) is 2. The van der Waals surface area contributed by atoms with Crippen LogP contribution in [-0.4, -0.2) is 28.1 Å². The average molecular weight is 262 g/mol. The van der Waals surface area contributed by atoms with Crippen LogP contribution in [0.3, 0.4) is 0 Å². The van der Waals surface area contributed by atoms with Crippen LogP contribution >= 0.6 is 0 Å². The Labute approximate surface area is 110 Å². The second-order valence-electron chi connectivity index (χ2n) is 4.47. The summed E-state index contributed by atoms with van der Waals surface area (Å²) in [5.74, 6) is -0.938. The molecule has 3 N–H and O–H groups in total. The molecule has 1 heterocycles. The number of benzene rings is 1. The SMILES string of the molecule is Cc1cc(N)cc(C(=O)N(C)Cc2cn[nH]c2)c1F. The number of aryl methyl sites for hydroxylation is 1. The highest BCUT2D eigenvalue weighted by atomic mass is 19.1. The van der Waals surface area contributed by atoms with Crippen molar-refractivity contribution in [1.82, 2.24) is 15.1 Å². The standard InChI is InChI=1S/C13H15FN4O/c1-8-3-10(15)4-11(12(8)14)13(19)18(2)7-9-5-16-17-6-9/h3-6H,7,15H2,1-2H3,(H,16,17). The monoisotopic (exact) mass is 262 g/mol. The van der Waals surface area contributed by atoms with Gasteiger partial charge in [0.15, 0.2) is 0 Å². The van der Waals surface area contributed by atoms with Gasteiger partial charge in [-0.2, -0.15) is 5.10 Å². The molecule has 5 nitrogen and oxygen atoms in total. The lowest BCUT2D eigenvalue weighted by Crippen LogP contribution is -2.27. The van der Waals surface area contributed by atoms with E-state index < -0.39 is 11.7 Å². The number of halogens is 1. The minimum atomic E-state index is -0.529. The quantitative estimate of drug-likeness (QED) is 0.827. The molecule has 0 atom stereocenters. The van der Waals surface area contributed by atoms with Crippen LogP contribution in [0.2, 0.25) is 0 Å². The molecular formula is C13H15FN4O. The number of carbonyl (C=O) groups excluding carboxylic acids is 1. The smallest absolute Gasteiger partial charge is 0.256 e. The molecule has 100 valence electrons. The van der Waals surface area contributed by atoms with Crippen LogP contribution in [0, 0.1) is 12.7 Å². The maximum Gasteiger partial charge on any atom is 0.256 e. The Morgan fingerprint density at radius 1 is 1.53 bits per heavy atom. The molecule has 1 aromatic heterocycles. The molecule has 0 saturated heterocycles. The van der Waals surface area contributed by atoms with Gasteiger partial charge in [0.25, 0.3) is 5.91 Å². The first-order valence-electron chi connectivity index (χ1n) is 5.77. The number of aromatic nitrogens is 2. The van der Waals surface area contributed by atoms with Crippen LogP contribution in [0.1, 0.15) is 21.5 Å². The Bertz CT molecular complexity index is 595. The van der Waals surface area contributed by atoms with Gasteiger partial charge >= 0.3 is 0 Å². The Morgan fingerprint density at radius 3 is 2.89 bits per heavy atom. The van der Waals surface area contributed by atoms with Gasteiger partial charge in [0, 0.05) is 31.0 Å². The molecule has 0 aliphatic heterocycles. The number of aromatic amines is 1. The molecule has 0 saturated carbocycles. The van der Waals surface area contributed by atoms with Gasteiger partial charge in [-0.05, 0) is 24.6 Å². The van der Waals surface area contributed by atoms with Gasteiger partial charge < -0.3 is 10.6 Å². The maximum atomic E-state index is 13.9. The molecule has 0 aliphatic rings. The van der Waals surface area contributed by atoms with E-state index in [1.807, 2.05) is 0 Å². The van der Waals surface area contributed by atoms with Gasteiger partial charge in [0.1, 0.15) is 5.82 Å². The number of amides is 1. The number of nitrogens with two attached hydrogens (primary N) is 1. The molecule has 0 radical (unpaired) electrons. The molecule has 0 fully saturated rings. The van der Waals surface area contributed by atoms with E-state index in [9.17, 15) is 9.18 Å². The van der Waals surface area contributed by atoms with Crippen LogP contribution in [0.5, 0.6) is 0 Å². The molecule has 19 heavy (non-hydrogen) atoms. The minimum Gasteiger partial charge on any atom is -0.399 e. The summed E-state index contributed by atoms with van der Waals surface area (Å²) in [5, 5.41) is 6.46. The summed E-state index contributed by atoms with van der Waals surface area (Å²) in [5.41, 5.74) is 7.22. The second kappa shape index (κ2) is 5.09. The van der Waals surface area contributed by atoms with E-state index in [1.165, 1.54) is 17.0 Å². The fourth-order valence-corrected chi connectivity index (χ4v) is 1.87. The van der Waals surface area contributed by atoms with Gasteiger partial charge in [0.2, 0.25) is 0 Å². The summed E-state index contributed by atoms with van der Waals surface area (Å²) in [4.78, 5) is 13.6. The van der Waals surface area contributed by atoms with Crippen LogP contribution < -0.4 is 5.73 Å². The summed E-state index contributed by atoms with van der Waals surface area (Å²) >= 11 is 0. The molecule has 1 aromatic carbocycles. The van der Waals surface area contributed by atoms with Crippen LogP contribution in [-0.2, 0) is 6.54 Å². The van der Waals surface area contributed by atoms with E-state index >= 15 is 0 Å². The first-order chi connectivity index (χ1) is 8.99. The number of carbonyl (C=O) groups is 1. The number of H-pyrrole nitrogens is 1. The highest BCUT2D eigenvalue weighted by Gasteiger charge is 2.18. The fourth-order valence-electron chi connectivity index (χ4n) is 1.87. The molecular weight excluding hydrogens is 247 g/mol. The van der Waals surface area contributed by atoms with Crippen molar-refractivity contribution in [2.24, 2.45) is 0 Å². The van der Waals surface area contributed by atoms with E-state index in [-0.39, 0.29) is 5.56 Å². The summed E-state index contributed by atoms with van der Waals surface area (Å²) in [7, 11) is 1.60. The zero-order chi connectivity index (χ0) is 14.0. The summed E-state index contributed by atoms with van der Waals surface area (Å²) < 4.78 is 13.9. The number of nitrogens with zero attached hydrogens (tertiary/aromatic N) is 2. The largest absolute Gasteiger partial charge is 0.399 e. The molecule has 0 unspecified atom stereocenters. The predicted molar refractivity (Wildman–Crippen MR) is 69.9 cm³/mol. The van der Waals surface area contributed by atoms with Crippen molar-refractivity contribution in [2.45, 2.75) is 13.5 Å². The molecule has 0 bridgehead atoms. The van der Waals surface area contributed by atoms with E-state index in [1.54, 1.807) is 26.4 Å². The molecule has 2 aromatic rings. The zero-order valence-corrected chi connectivity index (χ0v) is 10.8. The van der Waals surface area contributed by atoms with Crippen molar-refractivity contribution in [3.05, 3.63) is 47.0 Å². The Morgan fingerprint density at radius 2 is 2.26 bits per heavy atom. The predicted octanol–water partition coefficient (Wildman–Crippen LogP) is 1.71. The fraction of sp³-hybridized carbons (Fsp3) is 0.231. The Balaban J connectivity index is 2.24. The number of anilines is 1. The third-order valence-electron chi connectivity index (χ3n) is 2.83. The minimum absolute atomic E-state index is 0.0107. The Hall–Kier alpha value is -2.37. The molecule has 1 amide bonds. The molecule has 0 aliphatic carbocycles. The van der Waals surface area contributed by atoms with Crippen LogP contribution in [0.25, 0.3) is 0 Å². The average Bonchev–Trinajstić information content (AvgIpc) is 2.85. The van der Waals surface area contributed by atoms with Crippen molar-refractivity contribution in [2.75, 3.05) is 12.8 Å². The van der Waals surface area contributed by atoms with Gasteiger partial charge in [-0.3, -0.25) is 9.89 Å². The molecule has 6 heteroatoms. The van der Waals surface area contributed by atoms with Crippen molar-refractivity contribution in [3.63, 3.8) is 0 Å². The topological polar surface area (TPSA) is 75.0 Å². The lowest BCUT2D eigenvalue weighted by molar-refractivity contribution is 0.0780. The number of hydrogen-bond acceptors (Lipinski definition) is 3. The lowest BCUT2D eigenvalue weighted by Gasteiger charge is -2.17. The van der Waals surface area contributed by atoms with Gasteiger partial charge in [0.05, 0.1) is 11.8 Å². The van der Waals surface area contributed by atoms with E-state index in [0.717, 1.165) is 5.56 Å². The summed E-state index contributed by atoms with van der Waals surface area (Å²) in [6, 6.07) is 2.86. The van der Waals surface area contributed by atoms with Crippen molar-refractivity contribution in [1.29, 1.82) is 0 Å². The summed E-state index contributed by atoms with van der Waals surface area (Å²) in [6.45, 7) is 1.93.